The summed E-state index contributed by atoms with van der Waals surface area (Å²) in [6.45, 7) is 1.40. The molecule has 2 aromatic rings. The highest BCUT2D eigenvalue weighted by atomic mass is 35.5. The maximum Gasteiger partial charge on any atom is 0.344 e. The first-order valence-electron chi connectivity index (χ1n) is 7.58. The Labute approximate surface area is 155 Å². The molecule has 0 spiro atoms. The molecule has 0 aliphatic carbocycles. The van der Waals surface area contributed by atoms with Gasteiger partial charge in [-0.2, -0.15) is 5.10 Å². The van der Waals surface area contributed by atoms with Crippen LogP contribution in [0.5, 0.6) is 11.5 Å². The van der Waals surface area contributed by atoms with Crippen LogP contribution in [0.1, 0.15) is 22.8 Å². The number of carbonyl (C=O) groups excluding carboxylic acids is 1. The van der Waals surface area contributed by atoms with Crippen LogP contribution in [-0.4, -0.2) is 36.4 Å². The van der Waals surface area contributed by atoms with Gasteiger partial charge in [0.2, 0.25) is 0 Å². The number of hydrogen-bond donors (Lipinski definition) is 2. The van der Waals surface area contributed by atoms with E-state index in [9.17, 15) is 9.59 Å². The van der Waals surface area contributed by atoms with Gasteiger partial charge in [0, 0.05) is 5.56 Å². The molecule has 2 N–H and O–H groups in total. The minimum Gasteiger partial charge on any atom is -0.493 e. The molecule has 2 aromatic carbocycles. The number of ether oxygens (including phenoxy) is 2. The highest BCUT2D eigenvalue weighted by molar-refractivity contribution is 6.33. The molecule has 0 heterocycles. The summed E-state index contributed by atoms with van der Waals surface area (Å²) in [7, 11) is 1.44. The van der Waals surface area contributed by atoms with Gasteiger partial charge < -0.3 is 14.6 Å². The molecule has 2 rings (SSSR count). The van der Waals surface area contributed by atoms with Crippen molar-refractivity contribution in [2.75, 3.05) is 7.11 Å². The molecule has 1 atom stereocenters. The van der Waals surface area contributed by atoms with Crippen molar-refractivity contribution in [2.24, 2.45) is 5.10 Å². The van der Waals surface area contributed by atoms with Crippen molar-refractivity contribution < 1.29 is 24.2 Å². The molecule has 0 unspecified atom stereocenters. The summed E-state index contributed by atoms with van der Waals surface area (Å²) in [5.41, 5.74) is 3.09. The van der Waals surface area contributed by atoms with Gasteiger partial charge in [-0.1, -0.05) is 29.8 Å². The smallest absolute Gasteiger partial charge is 0.344 e. The quantitative estimate of drug-likeness (QED) is 0.572. The first-order chi connectivity index (χ1) is 12.4. The lowest BCUT2D eigenvalue weighted by Crippen LogP contribution is -2.24. The Morgan fingerprint density at radius 3 is 2.62 bits per heavy atom. The minimum atomic E-state index is -1.12. The number of carboxylic acids is 1. The summed E-state index contributed by atoms with van der Waals surface area (Å²) < 4.78 is 10.6. The zero-order valence-corrected chi connectivity index (χ0v) is 14.9. The average Bonchev–Trinajstić information content (AvgIpc) is 2.62. The van der Waals surface area contributed by atoms with Crippen molar-refractivity contribution >= 4 is 29.7 Å². The predicted molar refractivity (Wildman–Crippen MR) is 97.2 cm³/mol. The van der Waals surface area contributed by atoms with E-state index in [-0.39, 0.29) is 11.3 Å². The third kappa shape index (κ3) is 4.73. The summed E-state index contributed by atoms with van der Waals surface area (Å²) in [4.78, 5) is 23.1. The van der Waals surface area contributed by atoms with Gasteiger partial charge in [-0.25, -0.2) is 10.2 Å². The predicted octanol–water partition coefficient (Wildman–Crippen LogP) is 2.96. The molecule has 8 heteroatoms. The molecule has 0 fully saturated rings. The van der Waals surface area contributed by atoms with Crippen LogP contribution in [0.2, 0.25) is 5.02 Å². The SMILES string of the molecule is COc1cccc(/C=N\NC(=O)c2ccccc2Cl)c1O[C@H](C)C(=O)O. The number of carbonyl (C=O) groups is 2. The fraction of sp³-hybridized carbons (Fsp3) is 0.167. The molecule has 136 valence electrons. The zero-order chi connectivity index (χ0) is 19.1. The molecule has 0 saturated carbocycles. The molecule has 26 heavy (non-hydrogen) atoms. The molecule has 0 aromatic heterocycles. The number of carboxylic acid groups (broad SMARTS) is 1. The summed E-state index contributed by atoms with van der Waals surface area (Å²) in [5, 5.41) is 13.2. The van der Waals surface area contributed by atoms with Crippen molar-refractivity contribution in [2.45, 2.75) is 13.0 Å². The molecule has 0 aliphatic rings. The monoisotopic (exact) mass is 376 g/mol. The minimum absolute atomic E-state index is 0.209. The second-order valence-corrected chi connectivity index (χ2v) is 5.56. The zero-order valence-electron chi connectivity index (χ0n) is 14.1. The summed E-state index contributed by atoms with van der Waals surface area (Å²) >= 11 is 5.96. The van der Waals surface area contributed by atoms with E-state index in [2.05, 4.69) is 10.5 Å². The van der Waals surface area contributed by atoms with Gasteiger partial charge in [0.05, 0.1) is 23.9 Å². The third-order valence-corrected chi connectivity index (χ3v) is 3.69. The topological polar surface area (TPSA) is 97.2 Å². The largest absolute Gasteiger partial charge is 0.493 e. The van der Waals surface area contributed by atoms with E-state index in [0.29, 0.717) is 16.3 Å². The van der Waals surface area contributed by atoms with Gasteiger partial charge in [0.15, 0.2) is 17.6 Å². The Hall–Kier alpha value is -3.06. The number of methoxy groups -OCH3 is 1. The van der Waals surface area contributed by atoms with Crippen LogP contribution in [0, 0.1) is 0 Å². The first-order valence-corrected chi connectivity index (χ1v) is 7.96. The standard InChI is InChI=1S/C18H17ClN2O5/c1-11(18(23)24)26-16-12(6-5-9-15(16)25-2)10-20-21-17(22)13-7-3-4-8-14(13)19/h3-11H,1-2H3,(H,21,22)(H,23,24)/b20-10-/t11-/m1/s1. The number of para-hydroxylation sites is 1. The number of benzene rings is 2. The van der Waals surface area contributed by atoms with Gasteiger partial charge in [0.25, 0.3) is 5.91 Å². The Morgan fingerprint density at radius 1 is 1.23 bits per heavy atom. The van der Waals surface area contributed by atoms with Crippen molar-refractivity contribution in [3.8, 4) is 11.5 Å². The third-order valence-electron chi connectivity index (χ3n) is 3.36. The van der Waals surface area contributed by atoms with E-state index < -0.39 is 18.0 Å². The van der Waals surface area contributed by atoms with E-state index in [1.807, 2.05) is 0 Å². The second kappa shape index (κ2) is 8.87. The molecular weight excluding hydrogens is 360 g/mol. The van der Waals surface area contributed by atoms with Crippen molar-refractivity contribution in [1.29, 1.82) is 0 Å². The highest BCUT2D eigenvalue weighted by Crippen LogP contribution is 2.31. The number of amides is 1. The van der Waals surface area contributed by atoms with E-state index in [1.165, 1.54) is 20.2 Å². The highest BCUT2D eigenvalue weighted by Gasteiger charge is 2.18. The van der Waals surface area contributed by atoms with E-state index in [1.54, 1.807) is 42.5 Å². The number of hydrogen-bond acceptors (Lipinski definition) is 5. The molecule has 1 amide bonds. The Kier molecular flexibility index (Phi) is 6.57. The Bertz CT molecular complexity index is 838. The van der Waals surface area contributed by atoms with Crippen molar-refractivity contribution in [1.82, 2.24) is 5.43 Å². The lowest BCUT2D eigenvalue weighted by Gasteiger charge is -2.15. The second-order valence-electron chi connectivity index (χ2n) is 5.16. The first kappa shape index (κ1) is 19.3. The van der Waals surface area contributed by atoms with Crippen LogP contribution in [0.4, 0.5) is 0 Å². The number of nitrogens with one attached hydrogen (secondary N) is 1. The van der Waals surface area contributed by atoms with Gasteiger partial charge in [-0.05, 0) is 31.2 Å². The van der Waals surface area contributed by atoms with E-state index in [0.717, 1.165) is 0 Å². The number of nitrogens with zero attached hydrogens (tertiary/aromatic N) is 1. The van der Waals surface area contributed by atoms with Crippen LogP contribution in [0.3, 0.4) is 0 Å². The summed E-state index contributed by atoms with van der Waals surface area (Å²) in [6, 6.07) is 11.5. The molecular formula is C18H17ClN2O5. The number of halogens is 1. The van der Waals surface area contributed by atoms with Crippen LogP contribution < -0.4 is 14.9 Å². The molecule has 0 aliphatic heterocycles. The fourth-order valence-electron chi connectivity index (χ4n) is 2.01. The van der Waals surface area contributed by atoms with Crippen LogP contribution in [0.15, 0.2) is 47.6 Å². The normalized spacial score (nSPS) is 11.8. The molecule has 0 bridgehead atoms. The maximum atomic E-state index is 12.1. The number of aliphatic carboxylic acids is 1. The molecule has 0 saturated heterocycles. The molecule has 7 nitrogen and oxygen atoms in total. The van der Waals surface area contributed by atoms with Crippen molar-refractivity contribution in [3.05, 3.63) is 58.6 Å². The van der Waals surface area contributed by atoms with Gasteiger partial charge in [0.1, 0.15) is 0 Å². The van der Waals surface area contributed by atoms with Crippen molar-refractivity contribution in [3.63, 3.8) is 0 Å². The number of hydrazone groups is 1. The van der Waals surface area contributed by atoms with Gasteiger partial charge in [-0.15, -0.1) is 0 Å². The lowest BCUT2D eigenvalue weighted by atomic mass is 10.2. The van der Waals surface area contributed by atoms with Crippen LogP contribution in [0.25, 0.3) is 0 Å². The van der Waals surface area contributed by atoms with E-state index >= 15 is 0 Å². The Morgan fingerprint density at radius 2 is 1.96 bits per heavy atom. The van der Waals surface area contributed by atoms with Gasteiger partial charge in [-0.3, -0.25) is 4.79 Å². The van der Waals surface area contributed by atoms with Gasteiger partial charge >= 0.3 is 5.97 Å². The average molecular weight is 377 g/mol. The fourth-order valence-corrected chi connectivity index (χ4v) is 2.24. The van der Waals surface area contributed by atoms with Crippen LogP contribution >= 0.6 is 11.6 Å². The number of rotatable bonds is 7. The maximum absolute atomic E-state index is 12.1. The summed E-state index contributed by atoms with van der Waals surface area (Å²) in [5.74, 6) is -1.04. The molecule has 0 radical (unpaired) electrons. The lowest BCUT2D eigenvalue weighted by molar-refractivity contribution is -0.144. The van der Waals surface area contributed by atoms with E-state index in [4.69, 9.17) is 26.2 Å². The van der Waals surface area contributed by atoms with Crippen LogP contribution in [-0.2, 0) is 4.79 Å². The Balaban J connectivity index is 2.20. The summed E-state index contributed by atoms with van der Waals surface area (Å²) in [6.07, 6.45) is 0.248.